The Kier molecular flexibility index (Phi) is 7.50. The van der Waals surface area contributed by atoms with Gasteiger partial charge in [0.05, 0.1) is 0 Å². The lowest BCUT2D eigenvalue weighted by Crippen LogP contribution is -2.41. The molecule has 0 amide bonds. The van der Waals surface area contributed by atoms with E-state index in [2.05, 4.69) is 25.5 Å². The van der Waals surface area contributed by atoms with E-state index in [4.69, 9.17) is 0 Å². The average molecular weight is 332 g/mol. The summed E-state index contributed by atoms with van der Waals surface area (Å²) in [4.78, 5) is 2.18. The first-order valence-electron chi connectivity index (χ1n) is 7.72. The van der Waals surface area contributed by atoms with Crippen LogP contribution >= 0.6 is 12.4 Å². The van der Waals surface area contributed by atoms with Crippen LogP contribution in [0.25, 0.3) is 0 Å². The van der Waals surface area contributed by atoms with Gasteiger partial charge >= 0.3 is 0 Å². The summed E-state index contributed by atoms with van der Waals surface area (Å²) >= 11 is 0. The molecule has 0 aliphatic heterocycles. The summed E-state index contributed by atoms with van der Waals surface area (Å²) in [6.07, 6.45) is 1.89. The number of aliphatic hydroxyl groups is 1. The molecule has 3 heteroatoms. The topological polar surface area (TPSA) is 23.5 Å². The van der Waals surface area contributed by atoms with Crippen molar-refractivity contribution in [2.24, 2.45) is 5.92 Å². The fraction of sp³-hybridized carbons (Fsp3) is 0.300. The van der Waals surface area contributed by atoms with Gasteiger partial charge < -0.3 is 10.0 Å². The molecule has 0 radical (unpaired) electrons. The van der Waals surface area contributed by atoms with Gasteiger partial charge in [-0.25, -0.2) is 0 Å². The summed E-state index contributed by atoms with van der Waals surface area (Å²) in [6, 6.07) is 19.8. The molecule has 0 bridgehead atoms. The highest BCUT2D eigenvalue weighted by atomic mass is 35.5. The molecule has 1 atom stereocenters. The van der Waals surface area contributed by atoms with E-state index in [-0.39, 0.29) is 18.3 Å². The maximum absolute atomic E-state index is 11.6. The monoisotopic (exact) mass is 331 g/mol. The molecule has 2 aromatic carbocycles. The summed E-state index contributed by atoms with van der Waals surface area (Å²) in [5.74, 6) is 0.0437. The molecule has 2 rings (SSSR count). The maximum atomic E-state index is 11.6. The number of rotatable bonds is 7. The molecule has 0 saturated carbocycles. The maximum Gasteiger partial charge on any atom is 0.118 e. The first-order valence-corrected chi connectivity index (χ1v) is 7.72. The Bertz CT molecular complexity index is 546. The molecule has 0 aromatic heterocycles. The van der Waals surface area contributed by atoms with Gasteiger partial charge in [-0.1, -0.05) is 73.7 Å². The van der Waals surface area contributed by atoms with Crippen molar-refractivity contribution in [1.29, 1.82) is 0 Å². The third-order valence-electron chi connectivity index (χ3n) is 4.17. The summed E-state index contributed by atoms with van der Waals surface area (Å²) in [7, 11) is 2.05. The van der Waals surface area contributed by atoms with E-state index in [9.17, 15) is 5.11 Å². The van der Waals surface area contributed by atoms with E-state index in [1.807, 2.05) is 66.7 Å². The van der Waals surface area contributed by atoms with Gasteiger partial charge in [0.25, 0.3) is 0 Å². The highest BCUT2D eigenvalue weighted by molar-refractivity contribution is 5.85. The van der Waals surface area contributed by atoms with Gasteiger partial charge in [0.2, 0.25) is 0 Å². The second kappa shape index (κ2) is 8.88. The zero-order valence-electron chi connectivity index (χ0n) is 13.9. The molecule has 0 heterocycles. The van der Waals surface area contributed by atoms with Crippen LogP contribution < -0.4 is 0 Å². The molecular weight excluding hydrogens is 306 g/mol. The second-order valence-corrected chi connectivity index (χ2v) is 5.91. The third-order valence-corrected chi connectivity index (χ3v) is 4.17. The molecule has 0 spiro atoms. The van der Waals surface area contributed by atoms with Crippen LogP contribution in [0, 0.1) is 5.92 Å². The first-order chi connectivity index (χ1) is 10.6. The van der Waals surface area contributed by atoms with Crippen LogP contribution in [-0.2, 0) is 5.60 Å². The van der Waals surface area contributed by atoms with Crippen LogP contribution in [0.2, 0.25) is 0 Å². The van der Waals surface area contributed by atoms with Crippen molar-refractivity contribution in [1.82, 2.24) is 4.90 Å². The van der Waals surface area contributed by atoms with Gasteiger partial charge in [0.1, 0.15) is 5.60 Å². The SMILES string of the molecule is C=CCN(C)CC(C)C(O)(c1ccccc1)c1ccccc1.Cl. The lowest BCUT2D eigenvalue weighted by atomic mass is 9.76. The fourth-order valence-corrected chi connectivity index (χ4v) is 3.01. The van der Waals surface area contributed by atoms with Crippen LogP contribution in [0.5, 0.6) is 0 Å². The summed E-state index contributed by atoms with van der Waals surface area (Å²) < 4.78 is 0. The standard InChI is InChI=1S/C20H25NO.ClH/c1-4-15-21(3)16-17(2)20(22,18-11-7-5-8-12-18)19-13-9-6-10-14-19;/h4-14,17,22H,1,15-16H2,2-3H3;1H. The molecule has 0 fully saturated rings. The van der Waals surface area contributed by atoms with Crippen LogP contribution in [0.1, 0.15) is 18.1 Å². The highest BCUT2D eigenvalue weighted by Gasteiger charge is 2.37. The minimum atomic E-state index is -1.00. The minimum absolute atomic E-state index is 0. The third kappa shape index (κ3) is 4.44. The molecule has 1 N–H and O–H groups in total. The van der Waals surface area contributed by atoms with Crippen LogP contribution in [0.4, 0.5) is 0 Å². The quantitative estimate of drug-likeness (QED) is 0.772. The van der Waals surface area contributed by atoms with Crippen LogP contribution in [0.3, 0.4) is 0 Å². The Morgan fingerprint density at radius 3 is 1.87 bits per heavy atom. The largest absolute Gasteiger partial charge is 0.380 e. The highest BCUT2D eigenvalue weighted by Crippen LogP contribution is 2.37. The number of benzene rings is 2. The van der Waals surface area contributed by atoms with Crippen molar-refractivity contribution in [2.75, 3.05) is 20.1 Å². The van der Waals surface area contributed by atoms with E-state index in [1.54, 1.807) is 0 Å². The molecule has 2 aromatic rings. The van der Waals surface area contributed by atoms with Crippen molar-refractivity contribution < 1.29 is 5.11 Å². The molecule has 124 valence electrons. The molecule has 23 heavy (non-hydrogen) atoms. The Labute approximate surface area is 145 Å². The number of hydrogen-bond donors (Lipinski definition) is 1. The Morgan fingerprint density at radius 1 is 1.04 bits per heavy atom. The summed E-state index contributed by atoms with van der Waals surface area (Å²) in [6.45, 7) is 7.47. The van der Waals surface area contributed by atoms with E-state index in [1.165, 1.54) is 0 Å². The van der Waals surface area contributed by atoms with E-state index in [0.717, 1.165) is 24.2 Å². The predicted octanol–water partition coefficient (Wildman–Crippen LogP) is 4.10. The molecule has 1 unspecified atom stereocenters. The van der Waals surface area contributed by atoms with Crippen LogP contribution in [-0.4, -0.2) is 30.1 Å². The Morgan fingerprint density at radius 2 is 1.48 bits per heavy atom. The van der Waals surface area contributed by atoms with Crippen LogP contribution in [0.15, 0.2) is 73.3 Å². The molecule has 0 saturated heterocycles. The lowest BCUT2D eigenvalue weighted by Gasteiger charge is -2.37. The zero-order valence-corrected chi connectivity index (χ0v) is 14.7. The van der Waals surface area contributed by atoms with E-state index in [0.29, 0.717) is 0 Å². The van der Waals surface area contributed by atoms with Gasteiger partial charge in [0, 0.05) is 19.0 Å². The van der Waals surface area contributed by atoms with E-state index < -0.39 is 5.60 Å². The zero-order chi connectivity index (χ0) is 16.0. The average Bonchev–Trinajstić information content (AvgIpc) is 2.55. The number of halogens is 1. The van der Waals surface area contributed by atoms with Crippen molar-refractivity contribution in [3.8, 4) is 0 Å². The van der Waals surface area contributed by atoms with Crippen molar-refractivity contribution in [2.45, 2.75) is 12.5 Å². The number of nitrogens with zero attached hydrogens (tertiary/aromatic N) is 1. The number of likely N-dealkylation sites (N-methyl/N-ethyl adjacent to an activating group) is 1. The molecule has 2 nitrogen and oxygen atoms in total. The molecular formula is C20H26ClNO. The lowest BCUT2D eigenvalue weighted by molar-refractivity contribution is 0.0119. The van der Waals surface area contributed by atoms with Gasteiger partial charge in [-0.3, -0.25) is 0 Å². The normalized spacial score (nSPS) is 12.5. The van der Waals surface area contributed by atoms with Gasteiger partial charge in [-0.05, 0) is 18.2 Å². The van der Waals surface area contributed by atoms with Gasteiger partial charge in [0.15, 0.2) is 0 Å². The van der Waals surface area contributed by atoms with Crippen molar-refractivity contribution >= 4 is 12.4 Å². The van der Waals surface area contributed by atoms with Crippen molar-refractivity contribution in [3.63, 3.8) is 0 Å². The summed E-state index contributed by atoms with van der Waals surface area (Å²) in [5.41, 5.74) is 0.860. The predicted molar refractivity (Wildman–Crippen MR) is 100.0 cm³/mol. The van der Waals surface area contributed by atoms with E-state index >= 15 is 0 Å². The Hall–Kier alpha value is -1.61. The summed E-state index contributed by atoms with van der Waals surface area (Å²) in [5, 5.41) is 11.6. The second-order valence-electron chi connectivity index (χ2n) is 5.91. The minimum Gasteiger partial charge on any atom is -0.380 e. The van der Waals surface area contributed by atoms with Gasteiger partial charge in [-0.15, -0.1) is 19.0 Å². The van der Waals surface area contributed by atoms with Gasteiger partial charge in [-0.2, -0.15) is 0 Å². The first kappa shape index (κ1) is 19.4. The van der Waals surface area contributed by atoms with Crippen molar-refractivity contribution in [3.05, 3.63) is 84.4 Å². The Balaban J connectivity index is 0.00000264. The molecule has 0 aliphatic carbocycles. The molecule has 0 aliphatic rings. The number of hydrogen-bond acceptors (Lipinski definition) is 2. The fourth-order valence-electron chi connectivity index (χ4n) is 3.01. The smallest absolute Gasteiger partial charge is 0.118 e.